The molecule has 2 N–H and O–H groups in total. The standard InChI is InChI=1S/C19H26N2O5/c1-4-8-15(12-22)20-17(23)16(11-13(2)3)21(19(25)26)18(24)14-9-6-5-7-10-14/h5-7,9-10,12-13,15-16H,4,8,11H2,1-3H3,(H,20,23)(H,25,26)/t15-,16-/m0/s1. The van der Waals surface area contributed by atoms with Gasteiger partial charge in [-0.05, 0) is 30.9 Å². The summed E-state index contributed by atoms with van der Waals surface area (Å²) in [5.74, 6) is -1.44. The summed E-state index contributed by atoms with van der Waals surface area (Å²) in [4.78, 5) is 48.8. The quantitative estimate of drug-likeness (QED) is 0.657. The molecule has 0 heterocycles. The maximum absolute atomic E-state index is 12.7. The molecule has 7 heteroatoms. The monoisotopic (exact) mass is 362 g/mol. The highest BCUT2D eigenvalue weighted by molar-refractivity contribution is 6.05. The summed E-state index contributed by atoms with van der Waals surface area (Å²) in [6, 6.07) is 6.02. The van der Waals surface area contributed by atoms with Gasteiger partial charge >= 0.3 is 6.09 Å². The Balaban J connectivity index is 3.16. The number of amides is 3. The fourth-order valence-electron chi connectivity index (χ4n) is 2.62. The highest BCUT2D eigenvalue weighted by Gasteiger charge is 2.36. The second kappa shape index (κ2) is 10.3. The largest absolute Gasteiger partial charge is 0.465 e. The molecule has 142 valence electrons. The zero-order valence-electron chi connectivity index (χ0n) is 15.3. The molecule has 0 saturated heterocycles. The van der Waals surface area contributed by atoms with E-state index in [2.05, 4.69) is 5.32 Å². The Labute approximate surface area is 153 Å². The van der Waals surface area contributed by atoms with E-state index in [-0.39, 0.29) is 17.9 Å². The van der Waals surface area contributed by atoms with Crippen LogP contribution in [0.2, 0.25) is 0 Å². The number of hydrogen-bond donors (Lipinski definition) is 2. The Morgan fingerprint density at radius 1 is 1.19 bits per heavy atom. The number of hydrogen-bond acceptors (Lipinski definition) is 4. The van der Waals surface area contributed by atoms with Crippen LogP contribution in [0.4, 0.5) is 4.79 Å². The molecule has 0 aliphatic rings. The van der Waals surface area contributed by atoms with Crippen molar-refractivity contribution in [3.05, 3.63) is 35.9 Å². The van der Waals surface area contributed by atoms with Gasteiger partial charge in [0.1, 0.15) is 12.3 Å². The summed E-state index contributed by atoms with van der Waals surface area (Å²) < 4.78 is 0. The fourth-order valence-corrected chi connectivity index (χ4v) is 2.62. The highest BCUT2D eigenvalue weighted by atomic mass is 16.4. The molecule has 0 saturated carbocycles. The van der Waals surface area contributed by atoms with Gasteiger partial charge in [-0.25, -0.2) is 9.69 Å². The van der Waals surface area contributed by atoms with E-state index in [4.69, 9.17) is 0 Å². The number of benzene rings is 1. The Kier molecular flexibility index (Phi) is 8.48. The van der Waals surface area contributed by atoms with Crippen molar-refractivity contribution in [2.75, 3.05) is 0 Å². The average Bonchev–Trinajstić information content (AvgIpc) is 2.60. The van der Waals surface area contributed by atoms with E-state index in [1.54, 1.807) is 18.2 Å². The van der Waals surface area contributed by atoms with Crippen LogP contribution in [0.15, 0.2) is 30.3 Å². The van der Waals surface area contributed by atoms with Gasteiger partial charge in [-0.3, -0.25) is 9.59 Å². The molecule has 0 bridgehead atoms. The predicted octanol–water partition coefficient (Wildman–Crippen LogP) is 2.71. The minimum atomic E-state index is -1.50. The van der Waals surface area contributed by atoms with Gasteiger partial charge in [-0.1, -0.05) is 45.4 Å². The third-order valence-corrected chi connectivity index (χ3v) is 3.85. The molecule has 7 nitrogen and oxygen atoms in total. The molecule has 1 aromatic carbocycles. The smallest absolute Gasteiger partial charge is 0.415 e. The van der Waals surface area contributed by atoms with Crippen molar-refractivity contribution in [2.24, 2.45) is 5.92 Å². The lowest BCUT2D eigenvalue weighted by atomic mass is 10.00. The number of nitrogens with one attached hydrogen (secondary N) is 1. The molecule has 1 rings (SSSR count). The first-order valence-corrected chi connectivity index (χ1v) is 8.69. The highest BCUT2D eigenvalue weighted by Crippen LogP contribution is 2.17. The van der Waals surface area contributed by atoms with Gasteiger partial charge in [0.05, 0.1) is 6.04 Å². The van der Waals surface area contributed by atoms with Gasteiger partial charge < -0.3 is 15.2 Å². The van der Waals surface area contributed by atoms with Crippen molar-refractivity contribution in [1.82, 2.24) is 10.2 Å². The van der Waals surface area contributed by atoms with Gasteiger partial charge in [-0.15, -0.1) is 0 Å². The van der Waals surface area contributed by atoms with Crippen LogP contribution in [-0.2, 0) is 9.59 Å². The number of imide groups is 1. The van der Waals surface area contributed by atoms with Crippen LogP contribution < -0.4 is 5.32 Å². The maximum atomic E-state index is 12.7. The molecule has 3 amide bonds. The fraction of sp³-hybridized carbons (Fsp3) is 0.474. The maximum Gasteiger partial charge on any atom is 0.415 e. The Morgan fingerprint density at radius 3 is 2.27 bits per heavy atom. The molecule has 0 aliphatic heterocycles. The Morgan fingerprint density at radius 2 is 1.81 bits per heavy atom. The molecule has 0 radical (unpaired) electrons. The normalized spacial score (nSPS) is 12.9. The van der Waals surface area contributed by atoms with E-state index >= 15 is 0 Å². The van der Waals surface area contributed by atoms with Crippen LogP contribution in [0.25, 0.3) is 0 Å². The molecule has 0 fully saturated rings. The minimum absolute atomic E-state index is 0.0305. The Bertz CT molecular complexity index is 630. The molecule has 0 aliphatic carbocycles. The lowest BCUT2D eigenvalue weighted by molar-refractivity contribution is -0.128. The summed E-state index contributed by atoms with van der Waals surface area (Å²) in [5.41, 5.74) is 0.178. The lowest BCUT2D eigenvalue weighted by Crippen LogP contribution is -2.54. The van der Waals surface area contributed by atoms with E-state index in [0.29, 0.717) is 24.0 Å². The summed E-state index contributed by atoms with van der Waals surface area (Å²) in [6.07, 6.45) is 0.414. The number of aldehydes is 1. The number of carboxylic acid groups (broad SMARTS) is 1. The van der Waals surface area contributed by atoms with E-state index in [1.807, 2.05) is 20.8 Å². The van der Waals surface area contributed by atoms with E-state index in [9.17, 15) is 24.3 Å². The van der Waals surface area contributed by atoms with Crippen molar-refractivity contribution in [1.29, 1.82) is 0 Å². The number of carbonyl (C=O) groups excluding carboxylic acids is 3. The molecule has 2 atom stereocenters. The average molecular weight is 362 g/mol. The van der Waals surface area contributed by atoms with Crippen LogP contribution in [0, 0.1) is 5.92 Å². The zero-order chi connectivity index (χ0) is 19.7. The van der Waals surface area contributed by atoms with Gasteiger partial charge in [0.15, 0.2) is 0 Å². The number of rotatable bonds is 9. The predicted molar refractivity (Wildman–Crippen MR) is 96.8 cm³/mol. The summed E-state index contributed by atoms with van der Waals surface area (Å²) in [7, 11) is 0. The number of nitrogens with zero attached hydrogens (tertiary/aromatic N) is 1. The van der Waals surface area contributed by atoms with E-state index < -0.39 is 30.0 Å². The van der Waals surface area contributed by atoms with Gasteiger partial charge in [0.2, 0.25) is 5.91 Å². The molecule has 0 unspecified atom stereocenters. The van der Waals surface area contributed by atoms with Crippen LogP contribution in [-0.4, -0.2) is 46.3 Å². The van der Waals surface area contributed by atoms with E-state index in [1.165, 1.54) is 12.1 Å². The Hall–Kier alpha value is -2.70. The summed E-state index contributed by atoms with van der Waals surface area (Å²) in [6.45, 7) is 5.53. The van der Waals surface area contributed by atoms with Crippen LogP contribution in [0.5, 0.6) is 0 Å². The van der Waals surface area contributed by atoms with Gasteiger partial charge in [0.25, 0.3) is 5.91 Å². The topological polar surface area (TPSA) is 104 Å². The molecule has 26 heavy (non-hydrogen) atoms. The van der Waals surface area contributed by atoms with Crippen molar-refractivity contribution in [3.8, 4) is 0 Å². The summed E-state index contributed by atoms with van der Waals surface area (Å²) >= 11 is 0. The van der Waals surface area contributed by atoms with Crippen molar-refractivity contribution in [3.63, 3.8) is 0 Å². The second-order valence-electron chi connectivity index (χ2n) is 6.51. The van der Waals surface area contributed by atoms with Crippen LogP contribution in [0.1, 0.15) is 50.4 Å². The van der Waals surface area contributed by atoms with Crippen molar-refractivity contribution < 1.29 is 24.3 Å². The van der Waals surface area contributed by atoms with E-state index in [0.717, 1.165) is 0 Å². The van der Waals surface area contributed by atoms with Gasteiger partial charge in [0, 0.05) is 5.56 Å². The molecular weight excluding hydrogens is 336 g/mol. The van der Waals surface area contributed by atoms with Crippen molar-refractivity contribution in [2.45, 2.75) is 52.1 Å². The SMILES string of the molecule is CCC[C@@H](C=O)NC(=O)[C@H](CC(C)C)N(C(=O)O)C(=O)c1ccccc1. The molecular formula is C19H26N2O5. The molecule has 1 aromatic rings. The third-order valence-electron chi connectivity index (χ3n) is 3.85. The summed E-state index contributed by atoms with van der Waals surface area (Å²) in [5, 5.41) is 12.1. The first-order chi connectivity index (χ1) is 12.3. The first kappa shape index (κ1) is 21.3. The lowest BCUT2D eigenvalue weighted by Gasteiger charge is -2.29. The second-order valence-corrected chi connectivity index (χ2v) is 6.51. The van der Waals surface area contributed by atoms with Crippen LogP contribution in [0.3, 0.4) is 0 Å². The number of carbonyl (C=O) groups is 4. The van der Waals surface area contributed by atoms with Gasteiger partial charge in [-0.2, -0.15) is 0 Å². The van der Waals surface area contributed by atoms with Crippen LogP contribution >= 0.6 is 0 Å². The third kappa shape index (κ3) is 5.98. The molecule has 0 spiro atoms. The zero-order valence-corrected chi connectivity index (χ0v) is 15.3. The van der Waals surface area contributed by atoms with Crippen molar-refractivity contribution >= 4 is 24.2 Å². The molecule has 0 aromatic heterocycles. The minimum Gasteiger partial charge on any atom is -0.465 e. The first-order valence-electron chi connectivity index (χ1n) is 8.69.